The lowest BCUT2D eigenvalue weighted by atomic mass is 10.1. The molecule has 0 saturated carbocycles. The van der Waals surface area contributed by atoms with Crippen LogP contribution in [0, 0.1) is 0 Å². The number of pyridine rings is 1. The van der Waals surface area contributed by atoms with E-state index in [2.05, 4.69) is 9.71 Å². The SMILES string of the molecule is O=C(O)CCn1cc(CCNS(=O)(=O)c2cccnc2)c2ccccc21. The molecule has 0 bridgehead atoms. The van der Waals surface area contributed by atoms with Crippen molar-refractivity contribution >= 4 is 26.9 Å². The third-order valence-corrected chi connectivity index (χ3v) is 5.52. The van der Waals surface area contributed by atoms with Crippen LogP contribution in [-0.4, -0.2) is 35.6 Å². The fourth-order valence-electron chi connectivity index (χ4n) is 2.83. The van der Waals surface area contributed by atoms with Gasteiger partial charge in [0.05, 0.1) is 6.42 Å². The number of aryl methyl sites for hydroxylation is 1. The fraction of sp³-hybridized carbons (Fsp3) is 0.222. The fourth-order valence-corrected chi connectivity index (χ4v) is 3.83. The van der Waals surface area contributed by atoms with Crippen molar-refractivity contribution < 1.29 is 18.3 Å². The molecule has 0 aliphatic carbocycles. The highest BCUT2D eigenvalue weighted by Crippen LogP contribution is 2.22. The van der Waals surface area contributed by atoms with Crippen LogP contribution in [0.4, 0.5) is 0 Å². The first-order chi connectivity index (χ1) is 12.5. The highest BCUT2D eigenvalue weighted by molar-refractivity contribution is 7.89. The van der Waals surface area contributed by atoms with Crippen LogP contribution in [0.1, 0.15) is 12.0 Å². The van der Waals surface area contributed by atoms with Crippen LogP contribution in [-0.2, 0) is 27.8 Å². The summed E-state index contributed by atoms with van der Waals surface area (Å²) in [6.45, 7) is 0.613. The normalized spacial score (nSPS) is 11.7. The molecule has 2 heterocycles. The molecule has 0 saturated heterocycles. The summed E-state index contributed by atoms with van der Waals surface area (Å²) in [6.07, 6.45) is 5.25. The number of hydrogen-bond donors (Lipinski definition) is 2. The quantitative estimate of drug-likeness (QED) is 0.629. The van der Waals surface area contributed by atoms with Gasteiger partial charge in [-0.15, -0.1) is 0 Å². The lowest BCUT2D eigenvalue weighted by Crippen LogP contribution is -2.26. The zero-order valence-corrected chi connectivity index (χ0v) is 14.8. The molecular formula is C18H19N3O4S. The number of fused-ring (bicyclic) bond motifs is 1. The molecule has 0 radical (unpaired) electrons. The highest BCUT2D eigenvalue weighted by Gasteiger charge is 2.14. The number of carbonyl (C=O) groups is 1. The molecular weight excluding hydrogens is 354 g/mol. The maximum atomic E-state index is 12.2. The third kappa shape index (κ3) is 4.09. The molecule has 2 N–H and O–H groups in total. The Morgan fingerprint density at radius 1 is 1.19 bits per heavy atom. The van der Waals surface area contributed by atoms with E-state index in [0.29, 0.717) is 13.0 Å². The maximum absolute atomic E-state index is 12.2. The van der Waals surface area contributed by atoms with Gasteiger partial charge in [-0.2, -0.15) is 0 Å². The number of nitrogens with one attached hydrogen (secondary N) is 1. The van der Waals surface area contributed by atoms with Gasteiger partial charge in [0.1, 0.15) is 4.90 Å². The Morgan fingerprint density at radius 2 is 2.00 bits per heavy atom. The Hall–Kier alpha value is -2.71. The van der Waals surface area contributed by atoms with Crippen LogP contribution >= 0.6 is 0 Å². The molecule has 0 unspecified atom stereocenters. The van der Waals surface area contributed by atoms with Gasteiger partial charge in [0.15, 0.2) is 0 Å². The molecule has 0 spiro atoms. The average Bonchev–Trinajstić information content (AvgIpc) is 2.99. The van der Waals surface area contributed by atoms with Gasteiger partial charge in [-0.3, -0.25) is 9.78 Å². The van der Waals surface area contributed by atoms with Gasteiger partial charge in [-0.25, -0.2) is 13.1 Å². The first-order valence-electron chi connectivity index (χ1n) is 8.15. The van der Waals surface area contributed by atoms with Crippen LogP contribution < -0.4 is 4.72 Å². The van der Waals surface area contributed by atoms with Gasteiger partial charge in [-0.05, 0) is 30.2 Å². The van der Waals surface area contributed by atoms with Crippen molar-refractivity contribution in [1.82, 2.24) is 14.3 Å². The smallest absolute Gasteiger partial charge is 0.305 e. The minimum atomic E-state index is -3.60. The summed E-state index contributed by atoms with van der Waals surface area (Å²) < 4.78 is 29.0. The van der Waals surface area contributed by atoms with E-state index in [-0.39, 0.29) is 17.9 Å². The monoisotopic (exact) mass is 373 g/mol. The Balaban J connectivity index is 1.74. The van der Waals surface area contributed by atoms with E-state index >= 15 is 0 Å². The van der Waals surface area contributed by atoms with Crippen molar-refractivity contribution in [3.05, 3.63) is 60.6 Å². The number of carboxylic acid groups (broad SMARTS) is 1. The van der Waals surface area contributed by atoms with Crippen molar-refractivity contribution in [1.29, 1.82) is 0 Å². The van der Waals surface area contributed by atoms with Crippen molar-refractivity contribution in [3.8, 4) is 0 Å². The lowest BCUT2D eigenvalue weighted by Gasteiger charge is -2.05. The van der Waals surface area contributed by atoms with E-state index in [4.69, 9.17) is 5.11 Å². The highest BCUT2D eigenvalue weighted by atomic mass is 32.2. The molecule has 3 aromatic rings. The Labute approximate surface area is 151 Å². The van der Waals surface area contributed by atoms with Crippen LogP contribution in [0.15, 0.2) is 59.9 Å². The predicted octanol–water partition coefficient (Wildman–Crippen LogP) is 2.03. The van der Waals surface area contributed by atoms with Crippen molar-refractivity contribution in [2.24, 2.45) is 0 Å². The van der Waals surface area contributed by atoms with Gasteiger partial charge in [0, 0.05) is 42.6 Å². The van der Waals surface area contributed by atoms with Crippen LogP contribution in [0.2, 0.25) is 0 Å². The number of carboxylic acids is 1. The van der Waals surface area contributed by atoms with E-state index in [1.807, 2.05) is 35.0 Å². The predicted molar refractivity (Wildman–Crippen MR) is 97.3 cm³/mol. The molecule has 136 valence electrons. The molecule has 0 aliphatic rings. The summed E-state index contributed by atoms with van der Waals surface area (Å²) in [5.41, 5.74) is 1.92. The van der Waals surface area contributed by atoms with Crippen molar-refractivity contribution in [2.75, 3.05) is 6.54 Å². The standard InChI is InChI=1S/C18H19N3O4S/c22-18(23)8-11-21-13-14(16-5-1-2-6-17(16)21)7-10-20-26(24,25)15-4-3-9-19-12-15/h1-6,9,12-13,20H,7-8,10-11H2,(H,22,23). The number of aliphatic carboxylic acids is 1. The van der Waals surface area contributed by atoms with E-state index in [9.17, 15) is 13.2 Å². The summed E-state index contributed by atoms with van der Waals surface area (Å²) in [4.78, 5) is 14.8. The summed E-state index contributed by atoms with van der Waals surface area (Å²) in [5.74, 6) is -0.853. The van der Waals surface area contributed by atoms with E-state index in [1.165, 1.54) is 18.5 Å². The molecule has 3 rings (SSSR count). The number of para-hydroxylation sites is 1. The molecule has 0 aliphatic heterocycles. The summed E-state index contributed by atoms with van der Waals surface area (Å²) in [7, 11) is -3.60. The minimum Gasteiger partial charge on any atom is -0.481 e. The molecule has 1 aromatic carbocycles. The second kappa shape index (κ2) is 7.67. The number of sulfonamides is 1. The summed E-state index contributed by atoms with van der Waals surface area (Å²) in [6, 6.07) is 10.8. The van der Waals surface area contributed by atoms with E-state index < -0.39 is 16.0 Å². The van der Waals surface area contributed by atoms with Crippen LogP contribution in [0.5, 0.6) is 0 Å². The van der Waals surface area contributed by atoms with Crippen LogP contribution in [0.25, 0.3) is 10.9 Å². The van der Waals surface area contributed by atoms with Gasteiger partial charge in [0.2, 0.25) is 10.0 Å². The van der Waals surface area contributed by atoms with Gasteiger partial charge < -0.3 is 9.67 Å². The van der Waals surface area contributed by atoms with E-state index in [1.54, 1.807) is 6.07 Å². The second-order valence-corrected chi connectivity index (χ2v) is 7.61. The molecule has 0 amide bonds. The Bertz CT molecular complexity index is 1010. The van der Waals surface area contributed by atoms with Gasteiger partial charge in [-0.1, -0.05) is 18.2 Å². The molecule has 0 fully saturated rings. The molecule has 26 heavy (non-hydrogen) atoms. The Kier molecular flexibility index (Phi) is 5.34. The van der Waals surface area contributed by atoms with Crippen molar-refractivity contribution in [2.45, 2.75) is 24.3 Å². The summed E-state index contributed by atoms with van der Waals surface area (Å²) >= 11 is 0. The zero-order chi connectivity index (χ0) is 18.6. The Morgan fingerprint density at radius 3 is 2.73 bits per heavy atom. The first-order valence-corrected chi connectivity index (χ1v) is 9.64. The number of rotatable bonds is 8. The largest absolute Gasteiger partial charge is 0.481 e. The van der Waals surface area contributed by atoms with Crippen molar-refractivity contribution in [3.63, 3.8) is 0 Å². The minimum absolute atomic E-state index is 0.0335. The third-order valence-electron chi connectivity index (χ3n) is 4.07. The lowest BCUT2D eigenvalue weighted by molar-refractivity contribution is -0.137. The molecule has 2 aromatic heterocycles. The van der Waals surface area contributed by atoms with Gasteiger partial charge in [0.25, 0.3) is 0 Å². The number of benzene rings is 1. The van der Waals surface area contributed by atoms with E-state index in [0.717, 1.165) is 16.5 Å². The first kappa shape index (κ1) is 18.1. The molecule has 0 atom stereocenters. The number of nitrogens with zero attached hydrogens (tertiary/aromatic N) is 2. The summed E-state index contributed by atoms with van der Waals surface area (Å²) in [5, 5.41) is 9.90. The van der Waals surface area contributed by atoms with Crippen LogP contribution in [0.3, 0.4) is 0 Å². The number of hydrogen-bond acceptors (Lipinski definition) is 4. The topological polar surface area (TPSA) is 101 Å². The second-order valence-electron chi connectivity index (χ2n) is 5.85. The molecule has 8 heteroatoms. The van der Waals surface area contributed by atoms with Gasteiger partial charge >= 0.3 is 5.97 Å². The molecule has 7 nitrogen and oxygen atoms in total. The average molecular weight is 373 g/mol. The number of aromatic nitrogens is 2. The zero-order valence-electron chi connectivity index (χ0n) is 14.0. The maximum Gasteiger partial charge on any atom is 0.305 e.